The lowest BCUT2D eigenvalue weighted by atomic mass is 9.91. The van der Waals surface area contributed by atoms with Crippen LogP contribution in [0.5, 0.6) is 0 Å². The third kappa shape index (κ3) is 9.34. The van der Waals surface area contributed by atoms with Crippen molar-refractivity contribution in [3.8, 4) is 0 Å². The van der Waals surface area contributed by atoms with E-state index in [2.05, 4.69) is 232 Å². The second kappa shape index (κ2) is 23.7. The standard InChI is InChI=1S/C25H15N.C24H14N2.C23H13N3.C21H11N5/c1-2-8-18-15-23-22(14-17(18)7-1)20-10-5-13-26-25(20)21-12-11-16-6-3-4-9-19(16)24(21)23;1-3-8-17-15(6-1)11-12-18-22(17)20-14-16-7-2-4-10-21(16)26-24(20)19-9-5-13-25-23(18)19;1-2-7-15-14(6-1)11-12-16-20(15)23-22(17-8-5-13-24-21(16)17)25-18-9-3-4-10-19(18)26-23;1-2-5-13-12(4-1)7-8-14-16(13)19-18(15-6-3-9-22-17(14)15)25-20-21(26-19)24-11-10-23-20/h1-15H;1-14H;1-13H;1-11H. The van der Waals surface area contributed by atoms with E-state index in [4.69, 9.17) is 34.9 Å². The van der Waals surface area contributed by atoms with Crippen LogP contribution in [-0.4, -0.2) is 54.8 Å². The van der Waals surface area contributed by atoms with Crippen molar-refractivity contribution in [2.75, 3.05) is 0 Å². The van der Waals surface area contributed by atoms with Gasteiger partial charge in [0.05, 0.1) is 55.2 Å². The first-order valence-electron chi connectivity index (χ1n) is 34.7. The Kier molecular flexibility index (Phi) is 13.4. The van der Waals surface area contributed by atoms with Crippen molar-refractivity contribution >= 4 is 218 Å². The van der Waals surface area contributed by atoms with Crippen LogP contribution in [-0.2, 0) is 0 Å². The number of nitrogens with zero attached hydrogens (tertiary/aromatic N) is 11. The summed E-state index contributed by atoms with van der Waals surface area (Å²) in [6.45, 7) is 0. The summed E-state index contributed by atoms with van der Waals surface area (Å²) < 4.78 is 0. The molecule has 8 aromatic heterocycles. The van der Waals surface area contributed by atoms with Crippen molar-refractivity contribution in [3.63, 3.8) is 0 Å². The van der Waals surface area contributed by atoms with E-state index in [0.717, 1.165) is 120 Å². The van der Waals surface area contributed by atoms with Crippen LogP contribution in [0.3, 0.4) is 0 Å². The minimum absolute atomic E-state index is 0.546. The normalized spacial score (nSPS) is 11.8. The van der Waals surface area contributed by atoms with E-state index in [-0.39, 0.29) is 0 Å². The molecule has 8 heterocycles. The summed E-state index contributed by atoms with van der Waals surface area (Å²) in [6.07, 6.45) is 10.7. The van der Waals surface area contributed by atoms with E-state index in [1.807, 2.05) is 97.6 Å². The van der Waals surface area contributed by atoms with Gasteiger partial charge < -0.3 is 0 Å². The van der Waals surface area contributed by atoms with Gasteiger partial charge in [-0.15, -0.1) is 0 Å². The fraction of sp³-hybridized carbons (Fsp3) is 0. The molecule has 0 N–H and O–H groups in total. The molecule has 0 radical (unpaired) electrons. The molecule has 0 atom stereocenters. The molecule has 0 saturated carbocycles. The Morgan fingerprint density at radius 2 is 0.462 bits per heavy atom. The van der Waals surface area contributed by atoms with Crippen LogP contribution in [0.2, 0.25) is 0 Å². The molecule has 0 aliphatic carbocycles. The van der Waals surface area contributed by atoms with E-state index in [1.54, 1.807) is 12.4 Å². The van der Waals surface area contributed by atoms with Gasteiger partial charge in [-0.3, -0.25) is 19.9 Å². The largest absolute Gasteiger partial charge is 0.256 e. The van der Waals surface area contributed by atoms with Gasteiger partial charge in [0.15, 0.2) is 11.3 Å². The second-order valence-electron chi connectivity index (χ2n) is 26.3. The predicted octanol–water partition coefficient (Wildman–Crippen LogP) is 23.2. The molecule has 0 saturated heterocycles. The number of aromatic nitrogens is 11. The molecule has 0 spiro atoms. The lowest BCUT2D eigenvalue weighted by Gasteiger charge is -2.13. The molecule has 16 aromatic carbocycles. The zero-order valence-electron chi connectivity index (χ0n) is 55.5. The SMILES string of the molecule is c1ccc2c(c1)ccc1c3ncccc3c3nc4ccccc4nc3c21.c1ccc2c(c1)ccc1c3ncccc3c3nc4nccnc4nc3c21.c1ccc2cc3c(cc2c1)c1cccnc1c1ccc2ccccc2c31.c1ccc2nc3c4cccnc4c4ccc5ccccc5c4c3cc2c1. The predicted molar refractivity (Wildman–Crippen MR) is 432 cm³/mol. The molecule has 11 heteroatoms. The van der Waals surface area contributed by atoms with E-state index in [0.29, 0.717) is 11.3 Å². The van der Waals surface area contributed by atoms with Crippen LogP contribution in [0, 0.1) is 0 Å². The lowest BCUT2D eigenvalue weighted by Crippen LogP contribution is -1.95. The Hall–Kier alpha value is -14.3. The van der Waals surface area contributed by atoms with Crippen LogP contribution in [0.1, 0.15) is 0 Å². The first-order chi connectivity index (χ1) is 51.6. The van der Waals surface area contributed by atoms with E-state index in [1.165, 1.54) is 86.2 Å². The molecule has 0 fully saturated rings. The highest BCUT2D eigenvalue weighted by atomic mass is 15.0. The fourth-order valence-corrected chi connectivity index (χ4v) is 15.9. The number of hydrogen-bond donors (Lipinski definition) is 0. The quantitative estimate of drug-likeness (QED) is 0.106. The molecular weight excluding hydrogens is 1270 g/mol. The minimum Gasteiger partial charge on any atom is -0.256 e. The average molecular weight is 1320 g/mol. The zero-order chi connectivity index (χ0) is 68.3. The molecule has 0 aliphatic rings. The molecule has 0 unspecified atom stereocenters. The van der Waals surface area contributed by atoms with E-state index >= 15 is 0 Å². The smallest absolute Gasteiger partial charge is 0.198 e. The maximum absolute atomic E-state index is 5.02. The Bertz CT molecular complexity index is 6740. The van der Waals surface area contributed by atoms with Crippen LogP contribution in [0.4, 0.5) is 0 Å². The van der Waals surface area contributed by atoms with Gasteiger partial charge in [-0.1, -0.05) is 206 Å². The van der Waals surface area contributed by atoms with Crippen molar-refractivity contribution in [2.45, 2.75) is 0 Å². The maximum Gasteiger partial charge on any atom is 0.198 e. The highest BCUT2D eigenvalue weighted by molar-refractivity contribution is 6.34. The molecular formula is C93H53N11. The van der Waals surface area contributed by atoms with Crippen LogP contribution < -0.4 is 0 Å². The summed E-state index contributed by atoms with van der Waals surface area (Å²) in [5, 5.41) is 30.9. The average Bonchev–Trinajstić information content (AvgIpc) is 0.744. The number of hydrogen-bond acceptors (Lipinski definition) is 11. The molecule has 0 bridgehead atoms. The Labute approximate surface area is 591 Å². The Balaban J connectivity index is 0.0000000896. The highest BCUT2D eigenvalue weighted by Crippen LogP contribution is 2.43. The van der Waals surface area contributed by atoms with E-state index in [9.17, 15) is 0 Å². The van der Waals surface area contributed by atoms with Gasteiger partial charge in [-0.2, -0.15) is 0 Å². The molecule has 0 aliphatic heterocycles. The van der Waals surface area contributed by atoms with Crippen molar-refractivity contribution in [1.82, 2.24) is 54.8 Å². The third-order valence-electron chi connectivity index (χ3n) is 20.5. The van der Waals surface area contributed by atoms with Crippen LogP contribution in [0.15, 0.2) is 322 Å². The number of rotatable bonds is 0. The van der Waals surface area contributed by atoms with Gasteiger partial charge in [0.1, 0.15) is 11.0 Å². The maximum atomic E-state index is 5.02. The molecule has 480 valence electrons. The summed E-state index contributed by atoms with van der Waals surface area (Å²) in [4.78, 5) is 52.1. The molecule has 0 amide bonds. The fourth-order valence-electron chi connectivity index (χ4n) is 15.9. The van der Waals surface area contributed by atoms with Crippen LogP contribution in [0.25, 0.3) is 218 Å². The highest BCUT2D eigenvalue weighted by Gasteiger charge is 2.20. The van der Waals surface area contributed by atoms with Gasteiger partial charge in [0.2, 0.25) is 0 Å². The summed E-state index contributed by atoms with van der Waals surface area (Å²) in [7, 11) is 0. The number of pyridine rings is 5. The van der Waals surface area contributed by atoms with Crippen molar-refractivity contribution in [2.24, 2.45) is 0 Å². The Morgan fingerprint density at radius 3 is 0.962 bits per heavy atom. The third-order valence-corrected chi connectivity index (χ3v) is 20.5. The van der Waals surface area contributed by atoms with Crippen molar-refractivity contribution < 1.29 is 0 Å². The minimum atomic E-state index is 0.546. The summed E-state index contributed by atoms with van der Waals surface area (Å²) >= 11 is 0. The number of para-hydroxylation sites is 3. The number of fused-ring (bicyclic) bond motifs is 36. The van der Waals surface area contributed by atoms with Gasteiger partial charge in [0.25, 0.3) is 0 Å². The van der Waals surface area contributed by atoms with Gasteiger partial charge in [-0.05, 0) is 149 Å². The topological polar surface area (TPSA) is 142 Å². The first-order valence-corrected chi connectivity index (χ1v) is 34.7. The lowest BCUT2D eigenvalue weighted by molar-refractivity contribution is 1.20. The van der Waals surface area contributed by atoms with Gasteiger partial charge >= 0.3 is 0 Å². The number of benzene rings is 16. The zero-order valence-corrected chi connectivity index (χ0v) is 55.5. The molecule has 24 aromatic rings. The van der Waals surface area contributed by atoms with Crippen molar-refractivity contribution in [1.29, 1.82) is 0 Å². The molecule has 104 heavy (non-hydrogen) atoms. The molecule has 24 rings (SSSR count). The second-order valence-corrected chi connectivity index (χ2v) is 26.3. The van der Waals surface area contributed by atoms with Gasteiger partial charge in [-0.25, -0.2) is 34.9 Å². The van der Waals surface area contributed by atoms with Crippen LogP contribution >= 0.6 is 0 Å². The van der Waals surface area contributed by atoms with E-state index < -0.39 is 0 Å². The summed E-state index contributed by atoms with van der Waals surface area (Å²) in [5.41, 5.74) is 12.5. The summed E-state index contributed by atoms with van der Waals surface area (Å²) in [6, 6.07) is 99.5. The van der Waals surface area contributed by atoms with Crippen molar-refractivity contribution in [3.05, 3.63) is 322 Å². The van der Waals surface area contributed by atoms with Gasteiger partial charge in [0, 0.05) is 107 Å². The monoisotopic (exact) mass is 1320 g/mol. The Morgan fingerprint density at radius 1 is 0.144 bits per heavy atom. The first kappa shape index (κ1) is 58.7. The summed E-state index contributed by atoms with van der Waals surface area (Å²) in [5.74, 6) is 0. The molecule has 11 nitrogen and oxygen atoms in total.